The number of aliphatic carboxylic acids is 1. The minimum Gasteiger partial charge on any atom is -0.481 e. The molecule has 1 aliphatic rings. The van der Waals surface area contributed by atoms with Gasteiger partial charge in [0.05, 0.1) is 5.75 Å². The Morgan fingerprint density at radius 2 is 2.47 bits per heavy atom. The topological polar surface area (TPSA) is 68.0 Å². The molecule has 6 heteroatoms. The molecule has 15 heavy (non-hydrogen) atoms. The molecule has 1 aliphatic carbocycles. The summed E-state index contributed by atoms with van der Waals surface area (Å²) >= 11 is 1.23. The van der Waals surface area contributed by atoms with E-state index in [1.54, 1.807) is 6.33 Å². The molecule has 0 amide bonds. The highest BCUT2D eigenvalue weighted by molar-refractivity contribution is 7.99. The average Bonchev–Trinajstić information content (AvgIpc) is 2.59. The standard InChI is InChI=1S/C9H13N3O2S/c1-9(3-2-4-9)12-6-10-11-8(12)15-5-7(13)14/h6H,2-5H2,1H3,(H,13,14). The normalized spacial score (nSPS) is 18.5. The van der Waals surface area contributed by atoms with E-state index in [-0.39, 0.29) is 11.3 Å². The fourth-order valence-electron chi connectivity index (χ4n) is 1.75. The first-order valence-corrected chi connectivity index (χ1v) is 5.85. The van der Waals surface area contributed by atoms with E-state index in [2.05, 4.69) is 17.1 Å². The smallest absolute Gasteiger partial charge is 0.313 e. The van der Waals surface area contributed by atoms with Crippen molar-refractivity contribution < 1.29 is 9.90 Å². The van der Waals surface area contributed by atoms with Crippen molar-refractivity contribution in [1.82, 2.24) is 14.8 Å². The van der Waals surface area contributed by atoms with Crippen LogP contribution < -0.4 is 0 Å². The van der Waals surface area contributed by atoms with Crippen LogP contribution in [0.5, 0.6) is 0 Å². The molecule has 0 aromatic carbocycles. The van der Waals surface area contributed by atoms with Gasteiger partial charge in [-0.1, -0.05) is 11.8 Å². The summed E-state index contributed by atoms with van der Waals surface area (Å²) in [5.74, 6) is -0.789. The van der Waals surface area contributed by atoms with Crippen LogP contribution in [-0.2, 0) is 10.3 Å². The van der Waals surface area contributed by atoms with Crippen LogP contribution in [0.1, 0.15) is 26.2 Å². The minimum atomic E-state index is -0.826. The van der Waals surface area contributed by atoms with E-state index in [1.165, 1.54) is 18.2 Å². The lowest BCUT2D eigenvalue weighted by Gasteiger charge is -2.39. The minimum absolute atomic E-state index is 0.0365. The van der Waals surface area contributed by atoms with E-state index < -0.39 is 5.97 Å². The van der Waals surface area contributed by atoms with Gasteiger partial charge in [-0.25, -0.2) is 0 Å². The lowest BCUT2D eigenvalue weighted by atomic mass is 9.78. The molecule has 5 nitrogen and oxygen atoms in total. The maximum absolute atomic E-state index is 10.5. The highest BCUT2D eigenvalue weighted by atomic mass is 32.2. The van der Waals surface area contributed by atoms with Crippen LogP contribution in [0, 0.1) is 0 Å². The SMILES string of the molecule is CC1(n2cnnc2SCC(=O)O)CCC1. The zero-order chi connectivity index (χ0) is 10.9. The second-order valence-electron chi connectivity index (χ2n) is 4.02. The Kier molecular flexibility index (Phi) is 2.68. The van der Waals surface area contributed by atoms with Gasteiger partial charge < -0.3 is 9.67 Å². The van der Waals surface area contributed by atoms with Crippen LogP contribution >= 0.6 is 11.8 Å². The van der Waals surface area contributed by atoms with Gasteiger partial charge in [0.1, 0.15) is 6.33 Å². The highest BCUT2D eigenvalue weighted by Gasteiger charge is 2.35. The Labute approximate surface area is 91.9 Å². The molecule has 1 saturated carbocycles. The third kappa shape index (κ3) is 1.99. The number of carbonyl (C=O) groups is 1. The van der Waals surface area contributed by atoms with Crippen LogP contribution in [0.2, 0.25) is 0 Å². The Morgan fingerprint density at radius 3 is 3.00 bits per heavy atom. The van der Waals surface area contributed by atoms with Crippen molar-refractivity contribution in [1.29, 1.82) is 0 Å². The number of nitrogens with zero attached hydrogens (tertiary/aromatic N) is 3. The molecule has 1 N–H and O–H groups in total. The number of hydrogen-bond donors (Lipinski definition) is 1. The fourth-order valence-corrected chi connectivity index (χ4v) is 2.51. The van der Waals surface area contributed by atoms with Crippen molar-refractivity contribution in [3.8, 4) is 0 Å². The molecule has 82 valence electrons. The van der Waals surface area contributed by atoms with Crippen molar-refractivity contribution >= 4 is 17.7 Å². The lowest BCUT2D eigenvalue weighted by molar-refractivity contribution is -0.133. The summed E-state index contributed by atoms with van der Waals surface area (Å²) in [6, 6.07) is 0. The molecule has 0 radical (unpaired) electrons. The quantitative estimate of drug-likeness (QED) is 0.786. The largest absolute Gasteiger partial charge is 0.481 e. The van der Waals surface area contributed by atoms with Gasteiger partial charge in [-0.3, -0.25) is 4.79 Å². The second kappa shape index (κ2) is 3.84. The zero-order valence-electron chi connectivity index (χ0n) is 8.51. The number of carboxylic acids is 1. The van der Waals surface area contributed by atoms with Gasteiger partial charge in [0.15, 0.2) is 5.16 Å². The van der Waals surface area contributed by atoms with Crippen molar-refractivity contribution in [2.75, 3.05) is 5.75 Å². The van der Waals surface area contributed by atoms with Crippen molar-refractivity contribution in [3.63, 3.8) is 0 Å². The summed E-state index contributed by atoms with van der Waals surface area (Å²) in [5.41, 5.74) is 0.102. The Bertz CT molecular complexity index is 373. The van der Waals surface area contributed by atoms with E-state index in [0.717, 1.165) is 12.8 Å². The van der Waals surface area contributed by atoms with Gasteiger partial charge >= 0.3 is 5.97 Å². The third-order valence-electron chi connectivity index (χ3n) is 2.85. The van der Waals surface area contributed by atoms with Crippen molar-refractivity contribution in [2.45, 2.75) is 36.9 Å². The molecule has 0 atom stereocenters. The number of carboxylic acid groups (broad SMARTS) is 1. The predicted octanol–water partition coefficient (Wildman–Crippen LogP) is 1.35. The maximum atomic E-state index is 10.5. The summed E-state index contributed by atoms with van der Waals surface area (Å²) < 4.78 is 2.00. The molecule has 1 aromatic heterocycles. The monoisotopic (exact) mass is 227 g/mol. The number of rotatable bonds is 4. The van der Waals surface area contributed by atoms with Crippen molar-refractivity contribution in [3.05, 3.63) is 6.33 Å². The predicted molar refractivity (Wildman–Crippen MR) is 55.9 cm³/mol. The highest BCUT2D eigenvalue weighted by Crippen LogP contribution is 2.40. The van der Waals surface area contributed by atoms with Gasteiger partial charge in [-0.05, 0) is 26.2 Å². The van der Waals surface area contributed by atoms with Crippen LogP contribution in [-0.4, -0.2) is 31.6 Å². The summed E-state index contributed by atoms with van der Waals surface area (Å²) in [6.45, 7) is 2.16. The number of aromatic nitrogens is 3. The van der Waals surface area contributed by atoms with Crippen molar-refractivity contribution in [2.24, 2.45) is 0 Å². The molecule has 0 aliphatic heterocycles. The first kappa shape index (κ1) is 10.5. The Hall–Kier alpha value is -1.04. The molecule has 1 aromatic rings. The van der Waals surface area contributed by atoms with E-state index in [4.69, 9.17) is 5.11 Å². The average molecular weight is 227 g/mol. The molecule has 1 heterocycles. The summed E-state index contributed by atoms with van der Waals surface area (Å²) in [4.78, 5) is 10.5. The zero-order valence-corrected chi connectivity index (χ0v) is 9.33. The molecule has 1 fully saturated rings. The molecule has 0 bridgehead atoms. The maximum Gasteiger partial charge on any atom is 0.313 e. The molecule has 0 unspecified atom stereocenters. The molecule has 0 saturated heterocycles. The first-order chi connectivity index (χ1) is 7.12. The Morgan fingerprint density at radius 1 is 1.73 bits per heavy atom. The summed E-state index contributed by atoms with van der Waals surface area (Å²) in [7, 11) is 0. The van der Waals surface area contributed by atoms with E-state index >= 15 is 0 Å². The van der Waals surface area contributed by atoms with Gasteiger partial charge in [0.25, 0.3) is 0 Å². The Balaban J connectivity index is 2.11. The van der Waals surface area contributed by atoms with Crippen LogP contribution in [0.3, 0.4) is 0 Å². The van der Waals surface area contributed by atoms with Crippen LogP contribution in [0.25, 0.3) is 0 Å². The van der Waals surface area contributed by atoms with Crippen LogP contribution in [0.15, 0.2) is 11.5 Å². The van der Waals surface area contributed by atoms with Gasteiger partial charge in [0, 0.05) is 5.54 Å². The van der Waals surface area contributed by atoms with E-state index in [9.17, 15) is 4.79 Å². The molecule has 2 rings (SSSR count). The molecular weight excluding hydrogens is 214 g/mol. The van der Waals surface area contributed by atoms with E-state index in [1.807, 2.05) is 4.57 Å². The van der Waals surface area contributed by atoms with Crippen LogP contribution in [0.4, 0.5) is 0 Å². The summed E-state index contributed by atoms with van der Waals surface area (Å²) in [5, 5.41) is 17.1. The molecule has 0 spiro atoms. The van der Waals surface area contributed by atoms with Gasteiger partial charge in [-0.15, -0.1) is 10.2 Å². The first-order valence-electron chi connectivity index (χ1n) is 4.87. The second-order valence-corrected chi connectivity index (χ2v) is 4.96. The summed E-state index contributed by atoms with van der Waals surface area (Å²) in [6.07, 6.45) is 5.15. The van der Waals surface area contributed by atoms with E-state index in [0.29, 0.717) is 5.16 Å². The lowest BCUT2D eigenvalue weighted by Crippen LogP contribution is -2.37. The third-order valence-corrected chi connectivity index (χ3v) is 3.78. The van der Waals surface area contributed by atoms with Gasteiger partial charge in [0.2, 0.25) is 0 Å². The number of thioether (sulfide) groups is 1. The number of hydrogen-bond acceptors (Lipinski definition) is 4. The fraction of sp³-hybridized carbons (Fsp3) is 0.667. The van der Waals surface area contributed by atoms with Gasteiger partial charge in [-0.2, -0.15) is 0 Å². The molecular formula is C9H13N3O2S.